The fraction of sp³-hybridized carbons (Fsp3) is 0.750. The number of aryl methyl sites for hydroxylation is 1. The molecule has 6 nitrogen and oxygen atoms in total. The number of hydrogen-bond donors (Lipinski definition) is 1. The van der Waals surface area contributed by atoms with Crippen LogP contribution in [0.1, 0.15) is 31.0 Å². The molecule has 0 aliphatic heterocycles. The van der Waals surface area contributed by atoms with E-state index in [-0.39, 0.29) is 24.2 Å². The zero-order valence-corrected chi connectivity index (χ0v) is 12.2. The van der Waals surface area contributed by atoms with Crippen molar-refractivity contribution in [2.45, 2.75) is 32.7 Å². The van der Waals surface area contributed by atoms with Gasteiger partial charge in [0, 0.05) is 19.9 Å². The third kappa shape index (κ3) is 3.67. The van der Waals surface area contributed by atoms with Gasteiger partial charge in [0.15, 0.2) is 5.82 Å². The lowest BCUT2D eigenvalue weighted by molar-refractivity contribution is -0.135. The fourth-order valence-corrected chi connectivity index (χ4v) is 2.62. The molecule has 0 aromatic carbocycles. The molecule has 1 aliphatic carbocycles. The van der Waals surface area contributed by atoms with Gasteiger partial charge in [-0.25, -0.2) is 0 Å². The first-order valence-corrected chi connectivity index (χ1v) is 6.36. The van der Waals surface area contributed by atoms with Gasteiger partial charge in [-0.3, -0.25) is 4.79 Å². The highest BCUT2D eigenvalue weighted by atomic mass is 35.5. The van der Waals surface area contributed by atoms with Crippen molar-refractivity contribution in [1.82, 2.24) is 15.0 Å². The number of amides is 1. The first-order chi connectivity index (χ1) is 8.61. The van der Waals surface area contributed by atoms with E-state index in [9.17, 15) is 4.79 Å². The second-order valence-corrected chi connectivity index (χ2v) is 4.96. The van der Waals surface area contributed by atoms with Crippen LogP contribution in [0, 0.1) is 18.8 Å². The van der Waals surface area contributed by atoms with E-state index in [2.05, 4.69) is 10.1 Å². The third-order valence-corrected chi connectivity index (χ3v) is 3.60. The van der Waals surface area contributed by atoms with Gasteiger partial charge in [0.1, 0.15) is 0 Å². The van der Waals surface area contributed by atoms with Crippen LogP contribution in [0.15, 0.2) is 4.52 Å². The van der Waals surface area contributed by atoms with E-state index >= 15 is 0 Å². The average molecular weight is 289 g/mol. The average Bonchev–Trinajstić information content (AvgIpc) is 2.96. The number of aromatic nitrogens is 2. The smallest absolute Gasteiger partial charge is 0.226 e. The summed E-state index contributed by atoms with van der Waals surface area (Å²) in [4.78, 5) is 18.1. The van der Waals surface area contributed by atoms with Crippen LogP contribution in [0.4, 0.5) is 0 Å². The summed E-state index contributed by atoms with van der Waals surface area (Å²) >= 11 is 0. The van der Waals surface area contributed by atoms with Gasteiger partial charge >= 0.3 is 0 Å². The largest absolute Gasteiger partial charge is 0.340 e. The normalized spacial score (nSPS) is 22.1. The Hall–Kier alpha value is -1.14. The molecule has 108 valence electrons. The Labute approximate surface area is 119 Å². The van der Waals surface area contributed by atoms with Gasteiger partial charge in [0.25, 0.3) is 0 Å². The lowest BCUT2D eigenvalue weighted by Crippen LogP contribution is -2.36. The van der Waals surface area contributed by atoms with Crippen LogP contribution >= 0.6 is 12.4 Å². The summed E-state index contributed by atoms with van der Waals surface area (Å²) in [5, 5.41) is 3.80. The summed E-state index contributed by atoms with van der Waals surface area (Å²) in [5.74, 6) is 1.60. The summed E-state index contributed by atoms with van der Waals surface area (Å²) in [7, 11) is 1.78. The zero-order valence-electron chi connectivity index (χ0n) is 11.3. The molecule has 2 rings (SSSR count). The van der Waals surface area contributed by atoms with Gasteiger partial charge in [-0.2, -0.15) is 4.98 Å². The maximum atomic E-state index is 12.3. The van der Waals surface area contributed by atoms with E-state index < -0.39 is 0 Å². The van der Waals surface area contributed by atoms with E-state index in [0.29, 0.717) is 30.7 Å². The molecule has 1 aromatic rings. The third-order valence-electron chi connectivity index (χ3n) is 3.60. The standard InChI is InChI=1S/C12H20N4O2.ClH/c1-8-14-11(15-18-8)7-16(2)12(17)10-5-3-4-9(10)6-13;/h9-10H,3-7,13H2,1-2H3;1H/t9-,10-;/m1./s1. The fourth-order valence-electron chi connectivity index (χ4n) is 2.62. The number of nitrogens with two attached hydrogens (primary N) is 1. The molecular formula is C12H21ClN4O2. The molecular weight excluding hydrogens is 268 g/mol. The molecule has 2 atom stereocenters. The molecule has 0 spiro atoms. The minimum atomic E-state index is 0. The Morgan fingerprint density at radius 3 is 2.84 bits per heavy atom. The predicted molar refractivity (Wildman–Crippen MR) is 72.6 cm³/mol. The van der Waals surface area contributed by atoms with Crippen molar-refractivity contribution in [3.8, 4) is 0 Å². The highest BCUT2D eigenvalue weighted by molar-refractivity contribution is 5.85. The molecule has 1 aliphatic rings. The maximum Gasteiger partial charge on any atom is 0.226 e. The van der Waals surface area contributed by atoms with E-state index in [4.69, 9.17) is 10.3 Å². The Bertz CT molecular complexity index is 424. The minimum Gasteiger partial charge on any atom is -0.340 e. The molecule has 1 amide bonds. The highest BCUT2D eigenvalue weighted by Crippen LogP contribution is 2.32. The predicted octanol–water partition coefficient (Wildman–Crippen LogP) is 1.13. The second-order valence-electron chi connectivity index (χ2n) is 4.96. The van der Waals surface area contributed by atoms with Gasteiger partial charge in [0.2, 0.25) is 11.8 Å². The molecule has 0 unspecified atom stereocenters. The first-order valence-electron chi connectivity index (χ1n) is 6.36. The SMILES string of the molecule is Cc1nc(CN(C)C(=O)[C@@H]2CCC[C@@H]2CN)no1.Cl. The van der Waals surface area contributed by atoms with Crippen molar-refractivity contribution in [3.05, 3.63) is 11.7 Å². The molecule has 2 N–H and O–H groups in total. The molecule has 1 fully saturated rings. The Morgan fingerprint density at radius 2 is 2.26 bits per heavy atom. The quantitative estimate of drug-likeness (QED) is 0.898. The van der Waals surface area contributed by atoms with E-state index in [0.717, 1.165) is 19.3 Å². The van der Waals surface area contributed by atoms with Crippen molar-refractivity contribution < 1.29 is 9.32 Å². The minimum absolute atomic E-state index is 0. The highest BCUT2D eigenvalue weighted by Gasteiger charge is 2.33. The monoisotopic (exact) mass is 288 g/mol. The number of carbonyl (C=O) groups excluding carboxylic acids is 1. The van der Waals surface area contributed by atoms with Crippen LogP contribution in [0.25, 0.3) is 0 Å². The van der Waals surface area contributed by atoms with E-state index in [1.807, 2.05) is 0 Å². The van der Waals surface area contributed by atoms with Gasteiger partial charge in [-0.1, -0.05) is 11.6 Å². The van der Waals surface area contributed by atoms with Crippen LogP contribution in [0.3, 0.4) is 0 Å². The second kappa shape index (κ2) is 6.86. The van der Waals surface area contributed by atoms with Crippen LogP contribution in [0.2, 0.25) is 0 Å². The molecule has 1 aromatic heterocycles. The number of carbonyl (C=O) groups is 1. The van der Waals surface area contributed by atoms with Crippen molar-refractivity contribution >= 4 is 18.3 Å². The van der Waals surface area contributed by atoms with Crippen LogP contribution in [0.5, 0.6) is 0 Å². The molecule has 0 radical (unpaired) electrons. The van der Waals surface area contributed by atoms with Gasteiger partial charge < -0.3 is 15.2 Å². The van der Waals surface area contributed by atoms with Crippen LogP contribution in [-0.4, -0.2) is 34.5 Å². The molecule has 7 heteroatoms. The van der Waals surface area contributed by atoms with Gasteiger partial charge in [0.05, 0.1) is 6.54 Å². The number of halogens is 1. The number of nitrogens with zero attached hydrogens (tertiary/aromatic N) is 3. The maximum absolute atomic E-state index is 12.3. The van der Waals surface area contributed by atoms with Crippen molar-refractivity contribution in [2.24, 2.45) is 17.6 Å². The molecule has 19 heavy (non-hydrogen) atoms. The number of hydrogen-bond acceptors (Lipinski definition) is 5. The summed E-state index contributed by atoms with van der Waals surface area (Å²) in [6, 6.07) is 0. The summed E-state index contributed by atoms with van der Waals surface area (Å²) in [5.41, 5.74) is 5.71. The Kier molecular flexibility index (Phi) is 5.75. The lowest BCUT2D eigenvalue weighted by atomic mass is 9.95. The summed E-state index contributed by atoms with van der Waals surface area (Å²) < 4.78 is 4.89. The lowest BCUT2D eigenvalue weighted by Gasteiger charge is -2.23. The molecule has 0 bridgehead atoms. The number of rotatable bonds is 4. The zero-order chi connectivity index (χ0) is 13.1. The molecule has 1 saturated carbocycles. The summed E-state index contributed by atoms with van der Waals surface area (Å²) in [6.07, 6.45) is 3.09. The van der Waals surface area contributed by atoms with Crippen LogP contribution < -0.4 is 5.73 Å². The van der Waals surface area contributed by atoms with Crippen LogP contribution in [-0.2, 0) is 11.3 Å². The Morgan fingerprint density at radius 1 is 1.53 bits per heavy atom. The van der Waals surface area contributed by atoms with Gasteiger partial charge in [-0.05, 0) is 25.3 Å². The Balaban J connectivity index is 0.00000180. The topological polar surface area (TPSA) is 85.2 Å². The molecule has 1 heterocycles. The van der Waals surface area contributed by atoms with E-state index in [1.54, 1.807) is 18.9 Å². The first kappa shape index (κ1) is 15.9. The van der Waals surface area contributed by atoms with E-state index in [1.165, 1.54) is 0 Å². The molecule has 0 saturated heterocycles. The van der Waals surface area contributed by atoms with Crippen molar-refractivity contribution in [3.63, 3.8) is 0 Å². The van der Waals surface area contributed by atoms with Crippen molar-refractivity contribution in [1.29, 1.82) is 0 Å². The van der Waals surface area contributed by atoms with Crippen molar-refractivity contribution in [2.75, 3.05) is 13.6 Å². The van der Waals surface area contributed by atoms with Gasteiger partial charge in [-0.15, -0.1) is 12.4 Å². The summed E-state index contributed by atoms with van der Waals surface area (Å²) in [6.45, 7) is 2.72.